The van der Waals surface area contributed by atoms with Crippen LogP contribution in [-0.2, 0) is 13.8 Å². The first-order chi connectivity index (χ1) is 10.7. The fourth-order valence-electron chi connectivity index (χ4n) is 2.35. The third-order valence-electron chi connectivity index (χ3n) is 3.36. The van der Waals surface area contributed by atoms with Crippen LogP contribution in [0.25, 0.3) is 11.2 Å². The smallest absolute Gasteiger partial charge is 0.790 e. The van der Waals surface area contributed by atoms with Crippen molar-refractivity contribution >= 4 is 24.9 Å². The zero-order chi connectivity index (χ0) is 16.8. The molecule has 2 aromatic rings. The van der Waals surface area contributed by atoms with E-state index < -0.39 is 38.4 Å². The summed E-state index contributed by atoms with van der Waals surface area (Å²) < 4.78 is 21.5. The van der Waals surface area contributed by atoms with E-state index in [2.05, 4.69) is 19.5 Å². The summed E-state index contributed by atoms with van der Waals surface area (Å²) >= 11 is 0. The molecule has 1 aliphatic heterocycles. The molecule has 25 heavy (non-hydrogen) atoms. The fraction of sp³-hybridized carbons (Fsp3) is 0.500. The largest absolute Gasteiger partial charge is 1.00 e. The number of anilines is 1. The first-order valence-corrected chi connectivity index (χ1v) is 7.93. The number of hydrogen-bond donors (Lipinski definition) is 3. The number of rotatable bonds is 4. The maximum Gasteiger partial charge on any atom is 1.00 e. The standard InChI is InChI=1S/C10H14N5O7P.2Li/c11-10-13-8-7(9(17)14-10)12-3-15(8)6-1-4(16)5(22-6)2-21-23(18,19)20;;/h3-6,16H,1-2H2,(H2,18,19,20)(H3,11,13,14,17);;/q;2*+1/p-2/t4-,5-,6-;;/m1../s1/i1+1,2+1,3+1,4+1,5+1,6+1,7+1,8+1,9+1,10+1;;. The van der Waals surface area contributed by atoms with E-state index in [4.69, 9.17) is 10.5 Å². The minimum absolute atomic E-state index is 0. The zero-order valence-electron chi connectivity index (χ0n) is 13.5. The molecule has 4 N–H and O–H groups in total. The number of phosphoric ester groups is 1. The summed E-state index contributed by atoms with van der Waals surface area (Å²) in [4.78, 5) is 42.8. The number of phosphoric acid groups is 1. The molecule has 0 spiro atoms. The van der Waals surface area contributed by atoms with Crippen molar-refractivity contribution in [1.82, 2.24) is 19.5 Å². The SMILES string of the molecule is N[13c]1n[13c]2[13c](n[13cH]n2[13C@H]2[13CH2][13C@@H](O)[13C@@H]([13CH2]OP(=O)([O-])[O-])O2)[13c](=O)[nH]1.[Li+].[Li+]. The van der Waals surface area contributed by atoms with Crippen LogP contribution in [0.5, 0.6) is 0 Å². The van der Waals surface area contributed by atoms with Gasteiger partial charge in [-0.25, -0.2) is 4.98 Å². The molecule has 3 atom stereocenters. The Bertz CT molecular complexity index is 839. The molecule has 15 heteroatoms. The van der Waals surface area contributed by atoms with E-state index in [1.807, 2.05) is 0 Å². The number of nitrogen functional groups attached to an aromatic ring is 1. The number of nitrogens with zero attached hydrogens (tertiary/aromatic N) is 3. The Morgan fingerprint density at radius 2 is 2.20 bits per heavy atom. The number of aromatic nitrogens is 4. The van der Waals surface area contributed by atoms with Gasteiger partial charge in [0.25, 0.3) is 5.56 Å². The average molecular weight is 369 g/mol. The van der Waals surface area contributed by atoms with E-state index in [0.29, 0.717) is 0 Å². The number of imidazole rings is 1. The van der Waals surface area contributed by atoms with Crippen LogP contribution >= 0.6 is 7.82 Å². The number of nitrogens with one attached hydrogen (secondary N) is 1. The summed E-state index contributed by atoms with van der Waals surface area (Å²) in [5.41, 5.74) is 5.16. The number of aliphatic hydroxyl groups is 1. The molecular formula is C10H12Li2N5O7P. The molecule has 2 aromatic heterocycles. The summed E-state index contributed by atoms with van der Waals surface area (Å²) in [5, 5.41) is 9.89. The van der Waals surface area contributed by atoms with Crippen LogP contribution in [0, 0.1) is 0 Å². The second-order valence-electron chi connectivity index (χ2n) is 4.95. The van der Waals surface area contributed by atoms with Gasteiger partial charge in [0, 0.05) is 6.42 Å². The number of fused-ring (bicyclic) bond motifs is 1. The molecular weight excluding hydrogens is 357 g/mol. The van der Waals surface area contributed by atoms with E-state index in [-0.39, 0.29) is 61.3 Å². The summed E-state index contributed by atoms with van der Waals surface area (Å²) in [7, 11) is -5.16. The topological polar surface area (TPSA) is 191 Å². The molecule has 0 saturated carbocycles. The van der Waals surface area contributed by atoms with Crippen molar-refractivity contribution in [2.45, 2.75) is 24.9 Å². The molecule has 126 valence electrons. The van der Waals surface area contributed by atoms with E-state index >= 15 is 0 Å². The van der Waals surface area contributed by atoms with Gasteiger partial charge in [0.15, 0.2) is 11.2 Å². The first-order valence-electron chi connectivity index (χ1n) is 6.47. The van der Waals surface area contributed by atoms with Crippen molar-refractivity contribution in [2.75, 3.05) is 12.3 Å². The van der Waals surface area contributed by atoms with Crippen molar-refractivity contribution in [1.29, 1.82) is 0 Å². The number of hydrogen-bond acceptors (Lipinski definition) is 10. The van der Waals surface area contributed by atoms with Crippen LogP contribution in [0.15, 0.2) is 11.1 Å². The molecule has 12 nitrogen and oxygen atoms in total. The predicted molar refractivity (Wildman–Crippen MR) is 70.7 cm³/mol. The quantitative estimate of drug-likeness (QED) is 0.265. The van der Waals surface area contributed by atoms with Gasteiger partial charge in [-0.2, -0.15) is 4.98 Å². The maximum absolute atomic E-state index is 11.7. The van der Waals surface area contributed by atoms with Crippen molar-refractivity contribution in [2.24, 2.45) is 0 Å². The maximum atomic E-state index is 11.7. The third-order valence-corrected chi connectivity index (χ3v) is 3.83. The molecule has 3 heterocycles. The van der Waals surface area contributed by atoms with Crippen molar-refractivity contribution in [3.05, 3.63) is 16.7 Å². The second kappa shape index (κ2) is 8.38. The van der Waals surface area contributed by atoms with Crippen LogP contribution in [0.4, 0.5) is 5.95 Å². The number of nitrogens with two attached hydrogens (primary N) is 1. The molecule has 1 aliphatic rings. The molecule has 3 rings (SSSR count). The van der Waals surface area contributed by atoms with Crippen LogP contribution < -0.4 is 58.8 Å². The summed E-state index contributed by atoms with van der Waals surface area (Å²) in [6.07, 6.45) is -1.50. The van der Waals surface area contributed by atoms with E-state index in [1.165, 1.54) is 10.9 Å². The molecule has 0 bridgehead atoms. The Balaban J connectivity index is 0.00000156. The van der Waals surface area contributed by atoms with Gasteiger partial charge in [-0.1, -0.05) is 0 Å². The average Bonchev–Trinajstić information content (AvgIpc) is 2.99. The zero-order valence-corrected chi connectivity index (χ0v) is 14.4. The van der Waals surface area contributed by atoms with E-state index in [0.717, 1.165) is 0 Å². The molecule has 0 unspecified atom stereocenters. The predicted octanol–water partition coefficient (Wildman–Crippen LogP) is -8.80. The van der Waals surface area contributed by atoms with Crippen molar-refractivity contribution in [3.8, 4) is 0 Å². The van der Waals surface area contributed by atoms with Gasteiger partial charge in [0.2, 0.25) is 5.95 Å². The summed E-state index contributed by atoms with van der Waals surface area (Å²) in [5.74, 6) is -0.110. The van der Waals surface area contributed by atoms with Crippen LogP contribution in [-0.4, -0.2) is 43.4 Å². The molecule has 0 aromatic carbocycles. The molecule has 1 saturated heterocycles. The molecule has 1 fully saturated rings. The van der Waals surface area contributed by atoms with E-state index in [1.54, 1.807) is 0 Å². The Kier molecular flexibility index (Phi) is 7.51. The molecule has 0 radical (unpaired) electrons. The van der Waals surface area contributed by atoms with E-state index in [9.17, 15) is 24.3 Å². The minimum Gasteiger partial charge on any atom is -0.790 e. The number of aliphatic hydroxyl groups excluding tert-OH is 1. The van der Waals surface area contributed by atoms with Crippen molar-refractivity contribution in [3.63, 3.8) is 0 Å². The van der Waals surface area contributed by atoms with Gasteiger partial charge in [0.1, 0.15) is 12.3 Å². The number of aromatic amines is 1. The molecule has 0 aliphatic carbocycles. The van der Waals surface area contributed by atoms with Gasteiger partial charge in [0.05, 0.1) is 26.9 Å². The van der Waals surface area contributed by atoms with Gasteiger partial charge >= 0.3 is 37.7 Å². The van der Waals surface area contributed by atoms with Crippen molar-refractivity contribution < 1.29 is 66.4 Å². The fourth-order valence-corrected chi connectivity index (χ4v) is 2.68. The van der Waals surface area contributed by atoms with Crippen LogP contribution in [0.3, 0.4) is 0 Å². The Morgan fingerprint density at radius 1 is 1.52 bits per heavy atom. The van der Waals surface area contributed by atoms with Gasteiger partial charge in [-0.15, -0.1) is 0 Å². The minimum atomic E-state index is -5.16. The Hall–Kier alpha value is -0.625. The monoisotopic (exact) mass is 369 g/mol. The normalized spacial score (nSPS) is 23.2. The Labute approximate surface area is 164 Å². The third kappa shape index (κ3) is 4.97. The summed E-state index contributed by atoms with van der Waals surface area (Å²) in [6.45, 7) is -0.606. The number of ether oxygens (including phenoxy) is 1. The Morgan fingerprint density at radius 3 is 2.84 bits per heavy atom. The summed E-state index contributed by atoms with van der Waals surface area (Å²) in [6, 6.07) is 0. The number of H-pyrrole nitrogens is 1. The van der Waals surface area contributed by atoms with Gasteiger partial charge in [-0.05, 0) is 0 Å². The second-order valence-corrected chi connectivity index (χ2v) is 6.10. The molecule has 0 amide bonds. The van der Waals surface area contributed by atoms with Gasteiger partial charge < -0.3 is 34.5 Å². The van der Waals surface area contributed by atoms with Crippen LogP contribution in [0.1, 0.15) is 12.6 Å². The first kappa shape index (κ1) is 22.4. The van der Waals surface area contributed by atoms with Gasteiger partial charge in [-0.3, -0.25) is 14.3 Å². The van der Waals surface area contributed by atoms with Crippen LogP contribution in [0.2, 0.25) is 0 Å².